The van der Waals surface area contributed by atoms with Crippen molar-refractivity contribution < 1.29 is 38.6 Å². The summed E-state index contributed by atoms with van der Waals surface area (Å²) < 4.78 is 12.0. The highest BCUT2D eigenvalue weighted by Gasteiger charge is 2.43. The van der Waals surface area contributed by atoms with E-state index in [1.54, 1.807) is 33.2 Å². The van der Waals surface area contributed by atoms with Crippen LogP contribution in [0.25, 0.3) is 0 Å². The Hall–Kier alpha value is -3.55. The normalized spacial score (nSPS) is 18.4. The summed E-state index contributed by atoms with van der Waals surface area (Å²) in [5.74, 6) is -2.55. The highest BCUT2D eigenvalue weighted by atomic mass is 16.5. The molecule has 13 heteroatoms. The second kappa shape index (κ2) is 23.5. The van der Waals surface area contributed by atoms with Crippen molar-refractivity contribution in [1.82, 2.24) is 25.3 Å². The molecule has 312 valence electrons. The quantitative estimate of drug-likeness (QED) is 0.140. The minimum Gasteiger partial charge on any atom is -0.481 e. The molecule has 0 radical (unpaired) electrons. The molecule has 4 amide bonds. The number of ether oxygens (including phenoxy) is 2. The van der Waals surface area contributed by atoms with Crippen LogP contribution >= 0.6 is 0 Å². The first kappa shape index (κ1) is 47.6. The Balaban J connectivity index is 2.22. The molecule has 1 aliphatic heterocycles. The molecule has 1 aliphatic rings. The SMILES string of the molecule is CCC(C)C(C(CC(=O)N1CCCC1C(OC)C(C)C(=O)NCCc1ccccc1)OC)N(C)C(=O)C(NC(=O)C(C(C)C)N(C)CCCC(=O)O)C(C)C. The monoisotopic (exact) mass is 774 g/mol. The third-order valence-electron chi connectivity index (χ3n) is 11.3. The first-order chi connectivity index (χ1) is 26.0. The predicted molar refractivity (Wildman–Crippen MR) is 214 cm³/mol. The smallest absolute Gasteiger partial charge is 0.303 e. The van der Waals surface area contributed by atoms with Gasteiger partial charge in [-0.2, -0.15) is 0 Å². The molecule has 0 aliphatic carbocycles. The van der Waals surface area contributed by atoms with Crippen LogP contribution in [0.5, 0.6) is 0 Å². The van der Waals surface area contributed by atoms with E-state index < -0.39 is 42.2 Å². The van der Waals surface area contributed by atoms with Crippen molar-refractivity contribution in [3.05, 3.63) is 35.9 Å². The van der Waals surface area contributed by atoms with Gasteiger partial charge in [-0.25, -0.2) is 0 Å². The van der Waals surface area contributed by atoms with Crippen molar-refractivity contribution in [1.29, 1.82) is 0 Å². The van der Waals surface area contributed by atoms with Crippen LogP contribution in [0, 0.1) is 23.7 Å². The lowest BCUT2D eigenvalue weighted by Crippen LogP contribution is -2.60. The van der Waals surface area contributed by atoms with Crippen molar-refractivity contribution in [2.75, 3.05) is 47.9 Å². The highest BCUT2D eigenvalue weighted by molar-refractivity contribution is 5.90. The molecule has 13 nitrogen and oxygen atoms in total. The van der Waals surface area contributed by atoms with E-state index >= 15 is 0 Å². The van der Waals surface area contributed by atoms with Crippen LogP contribution in [0.4, 0.5) is 0 Å². The number of methoxy groups -OCH3 is 2. The van der Waals surface area contributed by atoms with Gasteiger partial charge in [-0.3, -0.25) is 28.9 Å². The van der Waals surface area contributed by atoms with Crippen LogP contribution in [0.3, 0.4) is 0 Å². The minimum atomic E-state index is -0.886. The Bertz CT molecular complexity index is 1360. The van der Waals surface area contributed by atoms with E-state index in [0.29, 0.717) is 38.9 Å². The van der Waals surface area contributed by atoms with E-state index in [-0.39, 0.29) is 60.3 Å². The molecule has 3 N–H and O–H groups in total. The molecule has 55 heavy (non-hydrogen) atoms. The van der Waals surface area contributed by atoms with Gasteiger partial charge in [0.2, 0.25) is 23.6 Å². The molecule has 1 heterocycles. The number of amides is 4. The van der Waals surface area contributed by atoms with Crippen molar-refractivity contribution >= 4 is 29.6 Å². The largest absolute Gasteiger partial charge is 0.481 e. The fourth-order valence-electron chi connectivity index (χ4n) is 8.04. The summed E-state index contributed by atoms with van der Waals surface area (Å²) in [6, 6.07) is 7.81. The van der Waals surface area contributed by atoms with Crippen LogP contribution in [0.1, 0.15) is 92.6 Å². The number of nitrogens with one attached hydrogen (secondary N) is 2. The van der Waals surface area contributed by atoms with Gasteiger partial charge in [0.1, 0.15) is 6.04 Å². The maximum atomic E-state index is 14.4. The second-order valence-corrected chi connectivity index (χ2v) is 16.0. The van der Waals surface area contributed by atoms with Gasteiger partial charge in [-0.1, -0.05) is 85.2 Å². The number of hydrogen-bond donors (Lipinski definition) is 3. The molecule has 1 fully saturated rings. The molecule has 0 aromatic heterocycles. The number of likely N-dealkylation sites (N-methyl/N-ethyl adjacent to an activating group) is 2. The van der Waals surface area contributed by atoms with Gasteiger partial charge >= 0.3 is 5.97 Å². The Kier molecular flexibility index (Phi) is 20.3. The number of hydrogen-bond acceptors (Lipinski definition) is 8. The number of carbonyl (C=O) groups excluding carboxylic acids is 4. The Morgan fingerprint density at radius 2 is 1.60 bits per heavy atom. The minimum absolute atomic E-state index is 0.00603. The predicted octanol–water partition coefficient (Wildman–Crippen LogP) is 4.23. The summed E-state index contributed by atoms with van der Waals surface area (Å²) in [4.78, 5) is 71.9. The number of carbonyl (C=O) groups is 5. The second-order valence-electron chi connectivity index (χ2n) is 16.0. The van der Waals surface area contributed by atoms with Gasteiger partial charge in [-0.15, -0.1) is 0 Å². The molecule has 1 aromatic rings. The summed E-state index contributed by atoms with van der Waals surface area (Å²) in [6.07, 6.45) is 2.23. The highest BCUT2D eigenvalue weighted by Crippen LogP contribution is 2.29. The first-order valence-corrected chi connectivity index (χ1v) is 20.2. The fraction of sp³-hybridized carbons (Fsp3) is 0.738. The molecule has 8 unspecified atom stereocenters. The van der Waals surface area contributed by atoms with Crippen molar-refractivity contribution in [2.24, 2.45) is 23.7 Å². The Labute approximate surface area is 330 Å². The Morgan fingerprint density at radius 1 is 0.945 bits per heavy atom. The van der Waals surface area contributed by atoms with Gasteiger partial charge < -0.3 is 35.0 Å². The van der Waals surface area contributed by atoms with E-state index in [0.717, 1.165) is 18.4 Å². The summed E-state index contributed by atoms with van der Waals surface area (Å²) in [7, 11) is 6.66. The average molecular weight is 774 g/mol. The topological polar surface area (TPSA) is 158 Å². The maximum absolute atomic E-state index is 14.4. The summed E-state index contributed by atoms with van der Waals surface area (Å²) in [6.45, 7) is 15.0. The van der Waals surface area contributed by atoms with Crippen LogP contribution in [-0.4, -0.2) is 134 Å². The zero-order valence-electron chi connectivity index (χ0n) is 35.4. The number of likely N-dealkylation sites (tertiary alicyclic amines) is 1. The van der Waals surface area contributed by atoms with Crippen LogP contribution in [0.2, 0.25) is 0 Å². The van der Waals surface area contributed by atoms with Gasteiger partial charge in [0.25, 0.3) is 0 Å². The third-order valence-corrected chi connectivity index (χ3v) is 11.3. The number of benzene rings is 1. The standard InChI is InChI=1S/C42H71N5O8/c1-12-29(6)38(46(9)42(53)36(27(2)3)44-41(52)37(28(4)5)45(8)24-17-21-35(49)50)33(54-10)26-34(48)47-25-16-20-32(47)39(55-11)30(7)40(51)43-23-22-31-18-14-13-15-19-31/h13-15,18-19,27-30,32-33,36-39H,12,16-17,20-26H2,1-11H3,(H,43,51)(H,44,52)(H,49,50). The van der Waals surface area contributed by atoms with E-state index in [2.05, 4.69) is 10.6 Å². The number of nitrogens with zero attached hydrogens (tertiary/aromatic N) is 3. The van der Waals surface area contributed by atoms with E-state index in [9.17, 15) is 24.0 Å². The molecule has 2 rings (SSSR count). The molecular weight excluding hydrogens is 702 g/mol. The molecule has 0 bridgehead atoms. The lowest BCUT2D eigenvalue weighted by atomic mass is 9.89. The molecule has 8 atom stereocenters. The zero-order valence-corrected chi connectivity index (χ0v) is 35.4. The van der Waals surface area contributed by atoms with Crippen molar-refractivity contribution in [3.8, 4) is 0 Å². The summed E-state index contributed by atoms with van der Waals surface area (Å²) in [5, 5.41) is 15.2. The van der Waals surface area contributed by atoms with Crippen molar-refractivity contribution in [2.45, 2.75) is 130 Å². The fourth-order valence-corrected chi connectivity index (χ4v) is 8.04. The Morgan fingerprint density at radius 3 is 2.15 bits per heavy atom. The van der Waals surface area contributed by atoms with Crippen LogP contribution in [-0.2, 0) is 39.9 Å². The third kappa shape index (κ3) is 13.9. The average Bonchev–Trinajstić information content (AvgIpc) is 3.63. The van der Waals surface area contributed by atoms with Gasteiger partial charge in [0.05, 0.1) is 42.7 Å². The van der Waals surface area contributed by atoms with Gasteiger partial charge in [0.15, 0.2) is 0 Å². The van der Waals surface area contributed by atoms with E-state index in [4.69, 9.17) is 14.6 Å². The van der Waals surface area contributed by atoms with Gasteiger partial charge in [-0.05, 0) is 62.6 Å². The maximum Gasteiger partial charge on any atom is 0.303 e. The number of rotatable bonds is 24. The summed E-state index contributed by atoms with van der Waals surface area (Å²) >= 11 is 0. The lowest BCUT2D eigenvalue weighted by molar-refractivity contribution is -0.148. The summed E-state index contributed by atoms with van der Waals surface area (Å²) in [5.41, 5.74) is 1.14. The number of carboxylic acids is 1. The van der Waals surface area contributed by atoms with Crippen LogP contribution in [0.15, 0.2) is 30.3 Å². The van der Waals surface area contributed by atoms with Crippen molar-refractivity contribution in [3.63, 3.8) is 0 Å². The van der Waals surface area contributed by atoms with E-state index in [1.807, 2.05) is 88.6 Å². The zero-order chi connectivity index (χ0) is 41.4. The molecule has 1 aromatic carbocycles. The molecule has 1 saturated heterocycles. The molecule has 0 saturated carbocycles. The van der Waals surface area contributed by atoms with Crippen LogP contribution < -0.4 is 10.6 Å². The number of aliphatic carboxylic acids is 1. The van der Waals surface area contributed by atoms with E-state index in [1.165, 1.54) is 0 Å². The molecular formula is C42H71N5O8. The lowest BCUT2D eigenvalue weighted by Gasteiger charge is -2.41. The first-order valence-electron chi connectivity index (χ1n) is 20.2. The van der Waals surface area contributed by atoms with Gasteiger partial charge in [0, 0.05) is 40.8 Å². The molecule has 0 spiro atoms. The number of carboxylic acid groups (broad SMARTS) is 1.